The van der Waals surface area contributed by atoms with Gasteiger partial charge in [0.05, 0.1) is 6.20 Å². The number of oxazole rings is 2. The molecule has 8 heteroatoms. The van der Waals surface area contributed by atoms with E-state index >= 15 is 0 Å². The van der Waals surface area contributed by atoms with E-state index in [0.29, 0.717) is 11.6 Å². The Morgan fingerprint density at radius 2 is 1.86 bits per heavy atom. The highest BCUT2D eigenvalue weighted by molar-refractivity contribution is 5.84. The maximum atomic E-state index is 12.6. The average molecular weight is 376 g/mol. The second kappa shape index (κ2) is 8.17. The highest BCUT2D eigenvalue weighted by Gasteiger charge is 2.24. The fourth-order valence-corrected chi connectivity index (χ4v) is 2.53. The summed E-state index contributed by atoms with van der Waals surface area (Å²) in [4.78, 5) is 26.3. The van der Waals surface area contributed by atoms with Gasteiger partial charge in [0.2, 0.25) is 5.89 Å². The van der Waals surface area contributed by atoms with Gasteiger partial charge in [0.15, 0.2) is 0 Å². The zero-order chi connectivity index (χ0) is 19.2. The molecule has 1 amide bonds. The number of rotatable bonds is 6. The van der Waals surface area contributed by atoms with Gasteiger partial charge in [-0.15, -0.1) is 0 Å². The van der Waals surface area contributed by atoms with Crippen molar-refractivity contribution >= 4 is 12.1 Å². The van der Waals surface area contributed by atoms with Gasteiger partial charge in [0, 0.05) is 18.0 Å². The van der Waals surface area contributed by atoms with Gasteiger partial charge in [-0.3, -0.25) is 4.98 Å². The molecule has 3 heterocycles. The average Bonchev–Trinajstić information content (AvgIpc) is 3.44. The van der Waals surface area contributed by atoms with Crippen LogP contribution in [0.25, 0.3) is 11.3 Å². The van der Waals surface area contributed by atoms with Crippen LogP contribution in [0.3, 0.4) is 0 Å². The number of benzene rings is 1. The second-order valence-corrected chi connectivity index (χ2v) is 5.80. The molecule has 0 bridgehead atoms. The first-order chi connectivity index (χ1) is 13.8. The van der Waals surface area contributed by atoms with Gasteiger partial charge >= 0.3 is 12.1 Å². The van der Waals surface area contributed by atoms with E-state index < -0.39 is 6.09 Å². The summed E-state index contributed by atoms with van der Waals surface area (Å²) in [6.07, 6.45) is 7.08. The normalized spacial score (nSPS) is 10.6. The van der Waals surface area contributed by atoms with Crippen LogP contribution in [0.5, 0.6) is 0 Å². The van der Waals surface area contributed by atoms with Gasteiger partial charge in [0.1, 0.15) is 31.4 Å². The topological polar surface area (TPSA) is 94.5 Å². The van der Waals surface area contributed by atoms with Crippen LogP contribution in [-0.4, -0.2) is 21.0 Å². The van der Waals surface area contributed by atoms with Crippen LogP contribution in [0.2, 0.25) is 0 Å². The highest BCUT2D eigenvalue weighted by Crippen LogP contribution is 2.21. The lowest BCUT2D eigenvalue weighted by molar-refractivity contribution is 0.144. The van der Waals surface area contributed by atoms with Gasteiger partial charge in [0.25, 0.3) is 0 Å². The van der Waals surface area contributed by atoms with Crippen molar-refractivity contribution in [2.75, 3.05) is 4.90 Å². The van der Waals surface area contributed by atoms with Crippen molar-refractivity contribution in [2.45, 2.75) is 13.2 Å². The molecule has 140 valence electrons. The van der Waals surface area contributed by atoms with E-state index in [1.807, 2.05) is 42.5 Å². The Morgan fingerprint density at radius 3 is 2.61 bits per heavy atom. The monoisotopic (exact) mass is 376 g/mol. The molecular formula is C20H16N4O4. The zero-order valence-electron chi connectivity index (χ0n) is 14.8. The predicted molar refractivity (Wildman–Crippen MR) is 99.0 cm³/mol. The molecule has 4 aromatic rings. The third kappa shape index (κ3) is 4.07. The van der Waals surface area contributed by atoms with E-state index in [2.05, 4.69) is 15.0 Å². The number of anilines is 1. The summed E-state index contributed by atoms with van der Waals surface area (Å²) in [7, 11) is 0. The van der Waals surface area contributed by atoms with Crippen LogP contribution in [0.15, 0.2) is 82.4 Å². The van der Waals surface area contributed by atoms with Crippen molar-refractivity contribution in [3.8, 4) is 11.3 Å². The number of ether oxygens (including phenoxy) is 1. The van der Waals surface area contributed by atoms with Crippen molar-refractivity contribution in [2.24, 2.45) is 0 Å². The van der Waals surface area contributed by atoms with Crippen molar-refractivity contribution in [3.63, 3.8) is 0 Å². The number of amides is 1. The lowest BCUT2D eigenvalue weighted by Crippen LogP contribution is -2.31. The number of carbonyl (C=O) groups is 1. The first-order valence-corrected chi connectivity index (χ1v) is 8.52. The smallest absolute Gasteiger partial charge is 0.418 e. The Labute approximate surface area is 160 Å². The molecule has 0 spiro atoms. The van der Waals surface area contributed by atoms with Gasteiger partial charge in [-0.25, -0.2) is 19.7 Å². The van der Waals surface area contributed by atoms with Crippen LogP contribution < -0.4 is 4.90 Å². The lowest BCUT2D eigenvalue weighted by Gasteiger charge is -2.16. The number of hydrogen-bond acceptors (Lipinski definition) is 7. The summed E-state index contributed by atoms with van der Waals surface area (Å²) in [5.74, 6) is 0.321. The lowest BCUT2D eigenvalue weighted by atomic mass is 10.2. The predicted octanol–water partition coefficient (Wildman–Crippen LogP) is 4.07. The molecule has 0 aliphatic heterocycles. The van der Waals surface area contributed by atoms with Gasteiger partial charge in [-0.2, -0.15) is 0 Å². The minimum absolute atomic E-state index is 0.0131. The molecular weight excluding hydrogens is 360 g/mol. The van der Waals surface area contributed by atoms with E-state index in [1.54, 1.807) is 12.4 Å². The van der Waals surface area contributed by atoms with Crippen molar-refractivity contribution in [1.29, 1.82) is 0 Å². The molecule has 0 aliphatic rings. The molecule has 0 saturated carbocycles. The number of carbonyl (C=O) groups excluding carboxylic acids is 1. The summed E-state index contributed by atoms with van der Waals surface area (Å²) in [6, 6.07) is 13.1. The zero-order valence-corrected chi connectivity index (χ0v) is 14.8. The maximum absolute atomic E-state index is 12.6. The standard InChI is InChI=1S/C20H16N4O4/c25-20(28-13-15-4-2-1-3-5-15)24(19-22-10-11-26-19)12-18-23-17(14-27-18)16-6-8-21-9-7-16/h1-11,14H,12-13H2. The summed E-state index contributed by atoms with van der Waals surface area (Å²) in [6.45, 7) is 0.143. The van der Waals surface area contributed by atoms with E-state index in [1.165, 1.54) is 23.6 Å². The summed E-state index contributed by atoms with van der Waals surface area (Å²) in [5.41, 5.74) is 2.38. The largest absolute Gasteiger partial charge is 0.446 e. The number of pyridine rings is 1. The summed E-state index contributed by atoms with van der Waals surface area (Å²) in [5, 5.41) is 0. The third-order valence-electron chi connectivity index (χ3n) is 3.90. The van der Waals surface area contributed by atoms with Crippen LogP contribution >= 0.6 is 0 Å². The molecule has 1 aromatic carbocycles. The molecule has 0 atom stereocenters. The maximum Gasteiger partial charge on any atom is 0.418 e. The van der Waals surface area contributed by atoms with E-state index in [9.17, 15) is 4.79 Å². The Hall–Kier alpha value is -3.94. The van der Waals surface area contributed by atoms with Gasteiger partial charge in [-0.1, -0.05) is 30.3 Å². The van der Waals surface area contributed by atoms with Crippen molar-refractivity contribution in [3.05, 3.63) is 85.0 Å². The second-order valence-electron chi connectivity index (χ2n) is 5.80. The number of nitrogens with zero attached hydrogens (tertiary/aromatic N) is 4. The van der Waals surface area contributed by atoms with E-state index in [4.69, 9.17) is 13.6 Å². The Kier molecular flexibility index (Phi) is 5.10. The number of hydrogen-bond donors (Lipinski definition) is 0. The Morgan fingerprint density at radius 1 is 1.04 bits per heavy atom. The van der Waals surface area contributed by atoms with Crippen molar-refractivity contribution < 1.29 is 18.4 Å². The minimum atomic E-state index is -0.616. The minimum Gasteiger partial charge on any atom is -0.446 e. The van der Waals surface area contributed by atoms with Gasteiger partial charge in [-0.05, 0) is 17.7 Å². The SMILES string of the molecule is O=C(OCc1ccccc1)N(Cc1nc(-c2ccncc2)co1)c1ncco1. The van der Waals surface area contributed by atoms with Crippen LogP contribution in [0.1, 0.15) is 11.5 Å². The molecule has 8 nitrogen and oxygen atoms in total. The van der Waals surface area contributed by atoms with Crippen LogP contribution in [-0.2, 0) is 17.9 Å². The molecule has 28 heavy (non-hydrogen) atoms. The van der Waals surface area contributed by atoms with Gasteiger partial charge < -0.3 is 13.6 Å². The first kappa shape index (κ1) is 17.5. The molecule has 0 N–H and O–H groups in total. The Bertz CT molecular complexity index is 1020. The Balaban J connectivity index is 1.49. The van der Waals surface area contributed by atoms with Crippen LogP contribution in [0.4, 0.5) is 10.8 Å². The third-order valence-corrected chi connectivity index (χ3v) is 3.90. The van der Waals surface area contributed by atoms with E-state index in [0.717, 1.165) is 11.1 Å². The molecule has 3 aromatic heterocycles. The fraction of sp³-hybridized carbons (Fsp3) is 0.100. The number of aromatic nitrogens is 3. The van der Waals surface area contributed by atoms with Crippen LogP contribution in [0, 0.1) is 0 Å². The fourth-order valence-electron chi connectivity index (χ4n) is 2.53. The van der Waals surface area contributed by atoms with Crippen molar-refractivity contribution in [1.82, 2.24) is 15.0 Å². The molecule has 0 unspecified atom stereocenters. The van der Waals surface area contributed by atoms with E-state index in [-0.39, 0.29) is 19.2 Å². The highest BCUT2D eigenvalue weighted by atomic mass is 16.6. The molecule has 4 rings (SSSR count). The molecule has 0 radical (unpaired) electrons. The quantitative estimate of drug-likeness (QED) is 0.500. The summed E-state index contributed by atoms with van der Waals surface area (Å²) < 4.78 is 16.2. The molecule has 0 saturated heterocycles. The first-order valence-electron chi connectivity index (χ1n) is 8.52. The molecule has 0 fully saturated rings. The molecule has 0 aliphatic carbocycles. The summed E-state index contributed by atoms with van der Waals surface area (Å²) >= 11 is 0.